The Bertz CT molecular complexity index is 1140. The lowest BCUT2D eigenvalue weighted by molar-refractivity contribution is -0.274. The molecular weight excluding hydrogens is 479 g/mol. The summed E-state index contributed by atoms with van der Waals surface area (Å²) in [6, 6.07) is 7.15. The maximum absolute atomic E-state index is 14.4. The maximum Gasteiger partial charge on any atom is 0.422 e. The lowest BCUT2D eigenvalue weighted by atomic mass is 9.77. The maximum atomic E-state index is 14.4. The van der Waals surface area contributed by atoms with Crippen molar-refractivity contribution in [2.24, 2.45) is 0 Å². The molecule has 2 atom stereocenters. The summed E-state index contributed by atoms with van der Waals surface area (Å²) in [5.74, 6) is -3.04. The van der Waals surface area contributed by atoms with Crippen molar-refractivity contribution in [2.75, 3.05) is 18.6 Å². The second kappa shape index (κ2) is 8.66. The zero-order valence-electron chi connectivity index (χ0n) is 18.7. The molecule has 1 amide bonds. The number of rotatable bonds is 6. The van der Waals surface area contributed by atoms with Crippen LogP contribution in [0.3, 0.4) is 0 Å². The molecule has 3 rings (SSSR count). The molecule has 1 aliphatic heterocycles. The second-order valence-electron chi connectivity index (χ2n) is 8.51. The largest absolute Gasteiger partial charge is 0.482 e. The van der Waals surface area contributed by atoms with Gasteiger partial charge >= 0.3 is 12.1 Å². The van der Waals surface area contributed by atoms with Crippen molar-refractivity contribution in [3.63, 3.8) is 0 Å². The normalized spacial score (nSPS) is 16.9. The average Bonchev–Trinajstić information content (AvgIpc) is 2.74. The predicted molar refractivity (Wildman–Crippen MR) is 118 cm³/mol. The quantitative estimate of drug-likeness (QED) is 0.605. The van der Waals surface area contributed by atoms with Crippen molar-refractivity contribution in [2.45, 2.75) is 44.1 Å². The van der Waals surface area contributed by atoms with Crippen LogP contribution >= 0.6 is 11.6 Å². The van der Waals surface area contributed by atoms with Crippen molar-refractivity contribution < 1.29 is 42.4 Å². The number of amides is 1. The van der Waals surface area contributed by atoms with Gasteiger partial charge in [0.05, 0.1) is 5.69 Å². The number of hydrogen-bond donors (Lipinski definition) is 2. The van der Waals surface area contributed by atoms with E-state index in [1.165, 1.54) is 52.1 Å². The van der Waals surface area contributed by atoms with Gasteiger partial charge in [-0.05, 0) is 49.2 Å². The molecule has 7 nitrogen and oxygen atoms in total. The number of alkyl halides is 3. The Labute approximate surface area is 198 Å². The molecule has 0 aliphatic carbocycles. The number of aliphatic hydroxyl groups is 1. The van der Waals surface area contributed by atoms with Gasteiger partial charge in [-0.15, -0.1) is 0 Å². The van der Waals surface area contributed by atoms with E-state index in [0.717, 1.165) is 17.0 Å². The number of halogens is 4. The van der Waals surface area contributed by atoms with Gasteiger partial charge in [-0.2, -0.15) is 13.2 Å². The molecular formula is C23H23ClF3NO6. The van der Waals surface area contributed by atoms with Gasteiger partial charge in [0.1, 0.15) is 11.5 Å². The summed E-state index contributed by atoms with van der Waals surface area (Å²) < 4.78 is 53.7. The van der Waals surface area contributed by atoms with E-state index in [1.807, 2.05) is 0 Å². The molecule has 2 aromatic rings. The number of anilines is 1. The van der Waals surface area contributed by atoms with Crippen LogP contribution in [0.4, 0.5) is 18.9 Å². The van der Waals surface area contributed by atoms with Crippen molar-refractivity contribution in [3.05, 3.63) is 52.5 Å². The van der Waals surface area contributed by atoms with Crippen LogP contribution in [0.1, 0.15) is 37.8 Å². The van der Waals surface area contributed by atoms with Crippen LogP contribution < -0.4 is 14.4 Å². The van der Waals surface area contributed by atoms with Gasteiger partial charge in [-0.25, -0.2) is 4.79 Å². The molecule has 1 aliphatic rings. The number of likely N-dealkylation sites (N-methyl/N-ethyl adjacent to an activating group) is 1. The van der Waals surface area contributed by atoms with E-state index in [1.54, 1.807) is 0 Å². The fourth-order valence-corrected chi connectivity index (χ4v) is 3.99. The van der Waals surface area contributed by atoms with E-state index < -0.39 is 40.7 Å². The van der Waals surface area contributed by atoms with E-state index in [2.05, 4.69) is 0 Å². The third-order valence-corrected chi connectivity index (χ3v) is 6.20. The van der Waals surface area contributed by atoms with E-state index in [9.17, 15) is 33.0 Å². The molecule has 0 spiro atoms. The highest BCUT2D eigenvalue weighted by atomic mass is 35.5. The van der Waals surface area contributed by atoms with Crippen molar-refractivity contribution in [1.29, 1.82) is 0 Å². The first-order valence-electron chi connectivity index (χ1n) is 10.1. The first kappa shape index (κ1) is 25.6. The van der Waals surface area contributed by atoms with Crippen LogP contribution in [-0.2, 0) is 15.2 Å². The third-order valence-electron chi connectivity index (χ3n) is 5.87. The molecule has 0 radical (unpaired) electrons. The number of carboxylic acid groups (broad SMARTS) is 1. The molecule has 2 unspecified atom stereocenters. The number of aliphatic carboxylic acids is 1. The topological polar surface area (TPSA) is 96.3 Å². The Kier molecular flexibility index (Phi) is 6.53. The Morgan fingerprint density at radius 1 is 1.21 bits per heavy atom. The van der Waals surface area contributed by atoms with Crippen LogP contribution in [0.2, 0.25) is 5.02 Å². The Balaban J connectivity index is 2.06. The number of carbonyl (C=O) groups is 2. The van der Waals surface area contributed by atoms with Gasteiger partial charge in [0, 0.05) is 18.0 Å². The molecule has 0 saturated carbocycles. The minimum atomic E-state index is -5.12. The number of ether oxygens (including phenoxy) is 2. The van der Waals surface area contributed by atoms with Gasteiger partial charge in [0.25, 0.3) is 5.91 Å². The summed E-state index contributed by atoms with van der Waals surface area (Å²) in [7, 11) is 1.40. The summed E-state index contributed by atoms with van der Waals surface area (Å²) in [4.78, 5) is 24.4. The van der Waals surface area contributed by atoms with Gasteiger partial charge in [0.2, 0.25) is 0 Å². The average molecular weight is 502 g/mol. The van der Waals surface area contributed by atoms with Gasteiger partial charge in [-0.3, -0.25) is 4.79 Å². The molecule has 0 fully saturated rings. The van der Waals surface area contributed by atoms with Crippen molar-refractivity contribution >= 4 is 29.2 Å². The zero-order valence-corrected chi connectivity index (χ0v) is 19.5. The van der Waals surface area contributed by atoms with Crippen molar-refractivity contribution in [1.82, 2.24) is 0 Å². The first-order valence-corrected chi connectivity index (χ1v) is 10.5. The summed E-state index contributed by atoms with van der Waals surface area (Å²) in [5, 5.41) is 20.2. The minimum absolute atomic E-state index is 0.0370. The monoisotopic (exact) mass is 501 g/mol. The summed E-state index contributed by atoms with van der Waals surface area (Å²) in [6.45, 7) is 3.54. The fraction of sp³-hybridized carbons (Fsp3) is 0.391. The molecule has 11 heteroatoms. The highest BCUT2D eigenvalue weighted by Gasteiger charge is 2.59. The number of fused-ring (bicyclic) bond motifs is 1. The lowest BCUT2D eigenvalue weighted by Gasteiger charge is -2.38. The Hall–Kier alpha value is -2.98. The Morgan fingerprint density at radius 3 is 2.41 bits per heavy atom. The molecule has 0 saturated heterocycles. The summed E-state index contributed by atoms with van der Waals surface area (Å²) >= 11 is 6.26. The molecule has 2 N–H and O–H groups in total. The van der Waals surface area contributed by atoms with E-state index in [0.29, 0.717) is 0 Å². The van der Waals surface area contributed by atoms with Crippen LogP contribution in [0.25, 0.3) is 0 Å². The molecule has 184 valence electrons. The lowest BCUT2D eigenvalue weighted by Crippen LogP contribution is -2.47. The fourth-order valence-electron chi connectivity index (χ4n) is 3.65. The Morgan fingerprint density at radius 2 is 1.85 bits per heavy atom. The first-order chi connectivity index (χ1) is 15.6. The summed E-state index contributed by atoms with van der Waals surface area (Å²) in [6.07, 6.45) is -5.12. The number of nitrogens with zero attached hydrogens (tertiary/aromatic N) is 1. The highest BCUT2D eigenvalue weighted by Crippen LogP contribution is 2.51. The molecule has 0 bridgehead atoms. The van der Waals surface area contributed by atoms with Gasteiger partial charge < -0.3 is 24.6 Å². The number of hydrogen-bond acceptors (Lipinski definition) is 5. The second-order valence-corrected chi connectivity index (χ2v) is 8.92. The third kappa shape index (κ3) is 4.39. The number of benzene rings is 2. The van der Waals surface area contributed by atoms with E-state index in [-0.39, 0.29) is 34.4 Å². The zero-order chi connectivity index (χ0) is 25.6. The van der Waals surface area contributed by atoms with Crippen LogP contribution in [0.15, 0.2) is 36.4 Å². The predicted octanol–water partition coefficient (Wildman–Crippen LogP) is 4.49. The minimum Gasteiger partial charge on any atom is -0.482 e. The standard InChI is InChI=1S/C23H23ClF3NO6/c1-12(15-7-6-14(10-16(15)24)34-21(2,3)20(30)31)22(32,23(25,26)27)13-5-8-18-17(9-13)28(4)19(29)11-33-18/h5-10,12,32H,11H2,1-4H3,(H,30,31). The van der Waals surface area contributed by atoms with Gasteiger partial charge in [-0.1, -0.05) is 30.7 Å². The van der Waals surface area contributed by atoms with Crippen LogP contribution in [0.5, 0.6) is 11.5 Å². The highest BCUT2D eigenvalue weighted by molar-refractivity contribution is 6.31. The number of carbonyl (C=O) groups excluding carboxylic acids is 1. The van der Waals surface area contributed by atoms with Crippen molar-refractivity contribution in [3.8, 4) is 11.5 Å². The van der Waals surface area contributed by atoms with Crippen LogP contribution in [-0.4, -0.2) is 47.5 Å². The summed E-state index contributed by atoms with van der Waals surface area (Å²) in [5.41, 5.74) is -5.43. The molecule has 2 aromatic carbocycles. The SMILES string of the molecule is CC(c1ccc(OC(C)(C)C(=O)O)cc1Cl)C(O)(c1ccc2c(c1)N(C)C(=O)CO2)C(F)(F)F. The molecule has 1 heterocycles. The smallest absolute Gasteiger partial charge is 0.422 e. The van der Waals surface area contributed by atoms with Crippen LogP contribution in [0, 0.1) is 0 Å². The van der Waals surface area contributed by atoms with Gasteiger partial charge in [0.15, 0.2) is 17.8 Å². The number of carboxylic acids is 1. The van der Waals surface area contributed by atoms with E-state index in [4.69, 9.17) is 21.1 Å². The van der Waals surface area contributed by atoms with E-state index >= 15 is 0 Å². The molecule has 34 heavy (non-hydrogen) atoms. The molecule has 0 aromatic heterocycles.